The maximum absolute atomic E-state index is 5.91. The molecule has 5 heteroatoms. The van der Waals surface area contributed by atoms with E-state index in [0.29, 0.717) is 0 Å². The van der Waals surface area contributed by atoms with Crippen molar-refractivity contribution in [3.8, 4) is 0 Å². The van der Waals surface area contributed by atoms with Crippen molar-refractivity contribution in [1.82, 2.24) is 0 Å². The van der Waals surface area contributed by atoms with Gasteiger partial charge in [0.25, 0.3) is 0 Å². The highest BCUT2D eigenvalue weighted by molar-refractivity contribution is 4.91. The Morgan fingerprint density at radius 3 is 1.46 bits per heavy atom. The number of hydrogen-bond donors (Lipinski definition) is 2. The molecule has 3 nitrogen and oxygen atoms in total. The smallest absolute Gasteiger partial charge is 0.115 e. The summed E-state index contributed by atoms with van der Waals surface area (Å²) in [6, 6.07) is 0. The molecule has 0 aromatic carbocycles. The molecule has 6 N–H and O–H groups in total. The third-order valence-electron chi connectivity index (χ3n) is 2.73. The summed E-state index contributed by atoms with van der Waals surface area (Å²) in [6.45, 7) is 6.01. The molecule has 1 aliphatic rings. The van der Waals surface area contributed by atoms with Gasteiger partial charge in [0.05, 0.1) is 0 Å². The average Bonchev–Trinajstić information content (AvgIpc) is 2.30. The van der Waals surface area contributed by atoms with Gasteiger partial charge in [0.1, 0.15) is 24.3 Å². The standard InChI is InChI=1S/C8H18N2O.2BrH/c1-7(5-9)3-4-8(2,6-10)11-7;;/h3-6,9-10H2,1-2H3;2*1H. The molecule has 0 amide bonds. The van der Waals surface area contributed by atoms with Crippen LogP contribution in [0.15, 0.2) is 0 Å². The molecule has 0 bridgehead atoms. The summed E-state index contributed by atoms with van der Waals surface area (Å²) in [6.07, 6.45) is 2.26. The highest BCUT2D eigenvalue weighted by Crippen LogP contribution is 2.35. The van der Waals surface area contributed by atoms with Crippen LogP contribution in [0.3, 0.4) is 0 Å². The molecule has 1 heterocycles. The van der Waals surface area contributed by atoms with Crippen molar-refractivity contribution >= 4 is 0 Å². The van der Waals surface area contributed by atoms with E-state index in [1.165, 1.54) is 0 Å². The van der Waals surface area contributed by atoms with Gasteiger partial charge in [-0.05, 0) is 26.7 Å². The summed E-state index contributed by atoms with van der Waals surface area (Å²) in [5.74, 6) is 0. The number of rotatable bonds is 2. The minimum atomic E-state index is 0. The Hall–Kier alpha value is 0.840. The van der Waals surface area contributed by atoms with Gasteiger partial charge in [0.15, 0.2) is 0 Å². The predicted octanol–water partition coefficient (Wildman–Crippen LogP) is -7.19. The van der Waals surface area contributed by atoms with Crippen molar-refractivity contribution in [2.24, 2.45) is 0 Å². The van der Waals surface area contributed by atoms with Gasteiger partial charge in [-0.1, -0.05) is 0 Å². The lowest BCUT2D eigenvalue weighted by Crippen LogP contribution is -3.00. The highest BCUT2D eigenvalue weighted by Gasteiger charge is 2.44. The van der Waals surface area contributed by atoms with Crippen molar-refractivity contribution in [3.63, 3.8) is 0 Å². The van der Waals surface area contributed by atoms with Crippen LogP contribution in [0.4, 0.5) is 0 Å². The summed E-state index contributed by atoms with van der Waals surface area (Å²) in [5.41, 5.74) is 7.83. The predicted molar refractivity (Wildman–Crippen MR) is 42.6 cm³/mol. The van der Waals surface area contributed by atoms with Crippen LogP contribution in [0.2, 0.25) is 0 Å². The highest BCUT2D eigenvalue weighted by atomic mass is 79.9. The first kappa shape index (κ1) is 16.3. The molecule has 1 aliphatic heterocycles. The number of quaternary nitrogens is 2. The third-order valence-corrected chi connectivity index (χ3v) is 2.73. The monoisotopic (exact) mass is 318 g/mol. The summed E-state index contributed by atoms with van der Waals surface area (Å²) in [4.78, 5) is 0. The van der Waals surface area contributed by atoms with E-state index in [0.717, 1.165) is 25.9 Å². The second-order valence-corrected chi connectivity index (χ2v) is 4.00. The second-order valence-electron chi connectivity index (χ2n) is 4.00. The fraction of sp³-hybridized carbons (Fsp3) is 1.00. The molecule has 1 rings (SSSR count). The van der Waals surface area contributed by atoms with E-state index >= 15 is 0 Å². The van der Waals surface area contributed by atoms with Gasteiger partial charge < -0.3 is 50.2 Å². The van der Waals surface area contributed by atoms with Crippen LogP contribution in [0.25, 0.3) is 0 Å². The van der Waals surface area contributed by atoms with E-state index in [4.69, 9.17) is 4.74 Å². The average molecular weight is 320 g/mol. The fourth-order valence-electron chi connectivity index (χ4n) is 1.58. The molecular weight excluding hydrogens is 300 g/mol. The zero-order valence-corrected chi connectivity index (χ0v) is 11.6. The summed E-state index contributed by atoms with van der Waals surface area (Å²) < 4.78 is 5.91. The van der Waals surface area contributed by atoms with Gasteiger partial charge in [-0.3, -0.25) is 0 Å². The number of hydrogen-bond acceptors (Lipinski definition) is 1. The number of halogens is 2. The van der Waals surface area contributed by atoms with Gasteiger partial charge in [-0.25, -0.2) is 0 Å². The first-order valence-electron chi connectivity index (χ1n) is 4.32. The zero-order valence-electron chi connectivity index (χ0n) is 8.41. The van der Waals surface area contributed by atoms with E-state index in [-0.39, 0.29) is 45.2 Å². The third kappa shape index (κ3) is 3.83. The lowest BCUT2D eigenvalue weighted by atomic mass is 9.98. The van der Waals surface area contributed by atoms with Crippen LogP contribution in [0, 0.1) is 0 Å². The second kappa shape index (κ2) is 5.66. The normalized spacial score (nSPS) is 37.8. The number of ether oxygens (including phenoxy) is 1. The van der Waals surface area contributed by atoms with Crippen molar-refractivity contribution in [2.45, 2.75) is 37.9 Å². The Kier molecular flexibility index (Phi) is 7.08. The maximum atomic E-state index is 5.91. The Bertz CT molecular complexity index is 143. The van der Waals surface area contributed by atoms with Gasteiger partial charge in [0, 0.05) is 0 Å². The van der Waals surface area contributed by atoms with Crippen molar-refractivity contribution in [3.05, 3.63) is 0 Å². The van der Waals surface area contributed by atoms with Crippen molar-refractivity contribution < 1.29 is 50.2 Å². The van der Waals surface area contributed by atoms with Crippen LogP contribution in [-0.4, -0.2) is 24.3 Å². The summed E-state index contributed by atoms with van der Waals surface area (Å²) in [7, 11) is 0. The molecule has 82 valence electrons. The Morgan fingerprint density at radius 2 is 1.31 bits per heavy atom. The molecule has 0 aromatic heterocycles. The Balaban J connectivity index is 0. The summed E-state index contributed by atoms with van der Waals surface area (Å²) >= 11 is 0. The van der Waals surface area contributed by atoms with Crippen LogP contribution < -0.4 is 45.4 Å². The van der Waals surface area contributed by atoms with Crippen LogP contribution in [0.1, 0.15) is 26.7 Å². The van der Waals surface area contributed by atoms with Crippen LogP contribution in [0.5, 0.6) is 0 Å². The maximum Gasteiger partial charge on any atom is 0.115 e. The molecule has 0 saturated carbocycles. The van der Waals surface area contributed by atoms with Gasteiger partial charge in [-0.15, -0.1) is 0 Å². The van der Waals surface area contributed by atoms with E-state index in [2.05, 4.69) is 25.3 Å². The molecule has 0 radical (unpaired) electrons. The molecule has 1 fully saturated rings. The topological polar surface area (TPSA) is 64.5 Å². The minimum absolute atomic E-state index is 0. The molecule has 2 atom stereocenters. The Morgan fingerprint density at radius 1 is 1.00 bits per heavy atom. The van der Waals surface area contributed by atoms with Gasteiger partial charge >= 0.3 is 0 Å². The SMILES string of the molecule is CC1(C[NH3+])CCC(C)(C[NH3+])O1.[Br-].[Br-]. The van der Waals surface area contributed by atoms with E-state index in [9.17, 15) is 0 Å². The quantitative estimate of drug-likeness (QED) is 0.522. The van der Waals surface area contributed by atoms with Crippen molar-refractivity contribution in [2.75, 3.05) is 13.1 Å². The molecule has 2 unspecified atom stereocenters. The lowest BCUT2D eigenvalue weighted by Gasteiger charge is -2.25. The summed E-state index contributed by atoms with van der Waals surface area (Å²) in [5, 5.41) is 0. The van der Waals surface area contributed by atoms with Crippen LogP contribution in [-0.2, 0) is 4.74 Å². The zero-order chi connectivity index (χ0) is 8.54. The van der Waals surface area contributed by atoms with Gasteiger partial charge in [-0.2, -0.15) is 0 Å². The minimum Gasteiger partial charge on any atom is -1.00 e. The van der Waals surface area contributed by atoms with Crippen molar-refractivity contribution in [1.29, 1.82) is 0 Å². The van der Waals surface area contributed by atoms with E-state index < -0.39 is 0 Å². The molecule has 0 spiro atoms. The van der Waals surface area contributed by atoms with E-state index in [1.54, 1.807) is 0 Å². The molecular formula is C8H20Br2N2O. The first-order chi connectivity index (χ1) is 5.04. The molecule has 0 aliphatic carbocycles. The van der Waals surface area contributed by atoms with Crippen LogP contribution >= 0.6 is 0 Å². The first-order valence-corrected chi connectivity index (χ1v) is 4.32. The largest absolute Gasteiger partial charge is 1.00 e. The molecule has 0 aromatic rings. The molecule has 13 heavy (non-hydrogen) atoms. The Labute approximate surface area is 101 Å². The van der Waals surface area contributed by atoms with E-state index in [1.807, 2.05) is 0 Å². The fourth-order valence-corrected chi connectivity index (χ4v) is 1.58. The molecule has 1 saturated heterocycles. The van der Waals surface area contributed by atoms with Gasteiger partial charge in [0.2, 0.25) is 0 Å². The lowest BCUT2D eigenvalue weighted by molar-refractivity contribution is -0.423.